The molecule has 1 saturated carbocycles. The van der Waals surface area contributed by atoms with E-state index in [9.17, 15) is 4.39 Å². The summed E-state index contributed by atoms with van der Waals surface area (Å²) in [6, 6.07) is 4.81. The van der Waals surface area contributed by atoms with Crippen molar-refractivity contribution >= 4 is 15.9 Å². The quantitative estimate of drug-likeness (QED) is 0.780. The lowest BCUT2D eigenvalue weighted by atomic mass is 9.98. The second-order valence-electron chi connectivity index (χ2n) is 3.95. The van der Waals surface area contributed by atoms with Crippen LogP contribution in [-0.4, -0.2) is 6.10 Å². The molecule has 0 saturated heterocycles. The summed E-state index contributed by atoms with van der Waals surface area (Å²) in [5, 5.41) is 0. The number of ether oxygens (including phenoxy) is 1. The van der Waals surface area contributed by atoms with Crippen LogP contribution >= 0.6 is 15.9 Å². The summed E-state index contributed by atoms with van der Waals surface area (Å²) in [6.45, 7) is 0. The summed E-state index contributed by atoms with van der Waals surface area (Å²) in [6.07, 6.45) is 5.96. The van der Waals surface area contributed by atoms with E-state index in [2.05, 4.69) is 15.9 Å². The predicted molar refractivity (Wildman–Crippen MR) is 61.6 cm³/mol. The van der Waals surface area contributed by atoms with Gasteiger partial charge in [-0.1, -0.05) is 22.4 Å². The smallest absolute Gasteiger partial charge is 0.165 e. The zero-order valence-corrected chi connectivity index (χ0v) is 10.1. The van der Waals surface area contributed by atoms with E-state index in [1.807, 2.05) is 0 Å². The molecule has 3 heteroatoms. The highest BCUT2D eigenvalue weighted by atomic mass is 79.9. The lowest BCUT2D eigenvalue weighted by Crippen LogP contribution is -2.20. The molecule has 1 fully saturated rings. The number of benzene rings is 1. The van der Waals surface area contributed by atoms with Crippen LogP contribution in [0.2, 0.25) is 0 Å². The molecule has 0 atom stereocenters. The molecule has 0 heterocycles. The van der Waals surface area contributed by atoms with Crippen molar-refractivity contribution in [3.05, 3.63) is 28.5 Å². The van der Waals surface area contributed by atoms with Gasteiger partial charge in [0.25, 0.3) is 0 Å². The Hall–Kier alpha value is -0.570. The Kier molecular flexibility index (Phi) is 3.62. The van der Waals surface area contributed by atoms with Crippen molar-refractivity contribution in [2.24, 2.45) is 0 Å². The molecule has 0 unspecified atom stereocenters. The standard InChI is InChI=1S/C12H14BrFO/c13-9-6-7-11(14)12(8-9)15-10-4-2-1-3-5-10/h6-8,10H,1-5H2. The number of hydrogen-bond acceptors (Lipinski definition) is 1. The van der Waals surface area contributed by atoms with Gasteiger partial charge in [-0.15, -0.1) is 0 Å². The van der Waals surface area contributed by atoms with E-state index in [0.29, 0.717) is 5.75 Å². The molecule has 1 aliphatic rings. The topological polar surface area (TPSA) is 9.23 Å². The monoisotopic (exact) mass is 272 g/mol. The fourth-order valence-corrected chi connectivity index (χ4v) is 2.27. The van der Waals surface area contributed by atoms with Gasteiger partial charge in [0, 0.05) is 4.47 Å². The van der Waals surface area contributed by atoms with Crippen molar-refractivity contribution in [2.75, 3.05) is 0 Å². The molecular weight excluding hydrogens is 259 g/mol. The second-order valence-corrected chi connectivity index (χ2v) is 4.87. The minimum Gasteiger partial charge on any atom is -0.487 e. The van der Waals surface area contributed by atoms with E-state index in [4.69, 9.17) is 4.74 Å². The number of hydrogen-bond donors (Lipinski definition) is 0. The molecule has 2 rings (SSSR count). The van der Waals surface area contributed by atoms with Crippen molar-refractivity contribution in [3.8, 4) is 5.75 Å². The van der Waals surface area contributed by atoms with Crippen LogP contribution in [0.25, 0.3) is 0 Å². The highest BCUT2D eigenvalue weighted by Crippen LogP contribution is 2.27. The Morgan fingerprint density at radius 1 is 1.20 bits per heavy atom. The maximum atomic E-state index is 13.4. The van der Waals surface area contributed by atoms with Gasteiger partial charge in [0.05, 0.1) is 6.10 Å². The van der Waals surface area contributed by atoms with E-state index in [-0.39, 0.29) is 11.9 Å². The molecule has 1 aliphatic carbocycles. The van der Waals surface area contributed by atoms with Crippen LogP contribution < -0.4 is 4.74 Å². The van der Waals surface area contributed by atoms with Crippen molar-refractivity contribution < 1.29 is 9.13 Å². The van der Waals surface area contributed by atoms with Gasteiger partial charge in [-0.3, -0.25) is 0 Å². The van der Waals surface area contributed by atoms with Gasteiger partial charge in [-0.05, 0) is 43.9 Å². The van der Waals surface area contributed by atoms with Crippen molar-refractivity contribution in [2.45, 2.75) is 38.2 Å². The summed E-state index contributed by atoms with van der Waals surface area (Å²) in [5.41, 5.74) is 0. The summed E-state index contributed by atoms with van der Waals surface area (Å²) in [4.78, 5) is 0. The molecule has 1 aromatic carbocycles. The lowest BCUT2D eigenvalue weighted by Gasteiger charge is -2.23. The van der Waals surface area contributed by atoms with Gasteiger partial charge in [-0.25, -0.2) is 4.39 Å². The summed E-state index contributed by atoms with van der Waals surface area (Å²) in [5.74, 6) is 0.0973. The second kappa shape index (κ2) is 4.97. The van der Waals surface area contributed by atoms with Crippen LogP contribution in [0.5, 0.6) is 5.75 Å². The first-order valence-electron chi connectivity index (χ1n) is 5.37. The zero-order valence-electron chi connectivity index (χ0n) is 8.51. The van der Waals surface area contributed by atoms with Crippen molar-refractivity contribution in [1.29, 1.82) is 0 Å². The highest BCUT2D eigenvalue weighted by molar-refractivity contribution is 9.10. The summed E-state index contributed by atoms with van der Waals surface area (Å²) in [7, 11) is 0. The van der Waals surface area contributed by atoms with E-state index >= 15 is 0 Å². The molecule has 1 nitrogen and oxygen atoms in total. The Morgan fingerprint density at radius 3 is 2.67 bits per heavy atom. The third-order valence-electron chi connectivity index (χ3n) is 2.74. The third-order valence-corrected chi connectivity index (χ3v) is 3.23. The molecule has 0 radical (unpaired) electrons. The van der Waals surface area contributed by atoms with Crippen LogP contribution in [0.1, 0.15) is 32.1 Å². The Balaban J connectivity index is 2.05. The minimum atomic E-state index is -0.274. The highest BCUT2D eigenvalue weighted by Gasteiger charge is 2.16. The van der Waals surface area contributed by atoms with Crippen molar-refractivity contribution in [3.63, 3.8) is 0 Å². The maximum Gasteiger partial charge on any atom is 0.165 e. The first kappa shape index (κ1) is 10.9. The third kappa shape index (κ3) is 2.94. The van der Waals surface area contributed by atoms with Crippen LogP contribution in [0.15, 0.2) is 22.7 Å². The average Bonchev–Trinajstić information content (AvgIpc) is 2.25. The van der Waals surface area contributed by atoms with Gasteiger partial charge in [0.15, 0.2) is 11.6 Å². The van der Waals surface area contributed by atoms with Gasteiger partial charge < -0.3 is 4.74 Å². The molecule has 82 valence electrons. The zero-order chi connectivity index (χ0) is 10.7. The fraction of sp³-hybridized carbons (Fsp3) is 0.500. The molecule has 15 heavy (non-hydrogen) atoms. The molecule has 0 bridgehead atoms. The minimum absolute atomic E-state index is 0.197. The number of rotatable bonds is 2. The van der Waals surface area contributed by atoms with Gasteiger partial charge in [0.2, 0.25) is 0 Å². The Morgan fingerprint density at radius 2 is 1.93 bits per heavy atom. The maximum absolute atomic E-state index is 13.4. The van der Waals surface area contributed by atoms with Crippen LogP contribution in [0.4, 0.5) is 4.39 Å². The summed E-state index contributed by atoms with van der Waals surface area (Å²) >= 11 is 3.31. The molecule has 0 amide bonds. The van der Waals surface area contributed by atoms with E-state index in [0.717, 1.165) is 17.3 Å². The normalized spacial score (nSPS) is 17.7. The predicted octanol–water partition coefficient (Wildman–Crippen LogP) is 4.30. The van der Waals surface area contributed by atoms with Crippen LogP contribution in [0, 0.1) is 5.82 Å². The Bertz CT molecular complexity index is 334. The average molecular weight is 273 g/mol. The van der Waals surface area contributed by atoms with E-state index in [1.165, 1.54) is 25.3 Å². The molecule has 0 N–H and O–H groups in total. The van der Waals surface area contributed by atoms with Crippen molar-refractivity contribution in [1.82, 2.24) is 0 Å². The number of halogens is 2. The molecule has 1 aromatic rings. The SMILES string of the molecule is Fc1ccc(Br)cc1OC1CCCCC1. The van der Waals surface area contributed by atoms with Crippen LogP contribution in [-0.2, 0) is 0 Å². The Labute approximate surface area is 97.8 Å². The fourth-order valence-electron chi connectivity index (χ4n) is 1.93. The molecule has 0 spiro atoms. The first-order valence-corrected chi connectivity index (χ1v) is 6.17. The van der Waals surface area contributed by atoms with Gasteiger partial charge >= 0.3 is 0 Å². The van der Waals surface area contributed by atoms with Crippen LogP contribution in [0.3, 0.4) is 0 Å². The van der Waals surface area contributed by atoms with Gasteiger partial charge in [0.1, 0.15) is 0 Å². The molecule has 0 aliphatic heterocycles. The largest absolute Gasteiger partial charge is 0.487 e. The molecule has 0 aromatic heterocycles. The summed E-state index contributed by atoms with van der Waals surface area (Å²) < 4.78 is 19.9. The van der Waals surface area contributed by atoms with Gasteiger partial charge in [-0.2, -0.15) is 0 Å². The first-order chi connectivity index (χ1) is 7.25. The molecular formula is C12H14BrFO. The lowest BCUT2D eigenvalue weighted by molar-refractivity contribution is 0.148. The van der Waals surface area contributed by atoms with E-state index in [1.54, 1.807) is 12.1 Å². The van der Waals surface area contributed by atoms with E-state index < -0.39 is 0 Å².